The number of benzene rings is 8. The van der Waals surface area contributed by atoms with Gasteiger partial charge in [0.25, 0.3) is 0 Å². The summed E-state index contributed by atoms with van der Waals surface area (Å²) < 4.78 is 38.6. The molecule has 0 saturated carbocycles. The summed E-state index contributed by atoms with van der Waals surface area (Å²) in [6.07, 6.45) is 1.85. The summed E-state index contributed by atoms with van der Waals surface area (Å²) in [6, 6.07) is 61.9. The fourth-order valence-corrected chi connectivity index (χ4v) is 10.3. The fourth-order valence-electron chi connectivity index (χ4n) is 10.3. The molecule has 0 aliphatic heterocycles. The molecule has 10 aromatic rings. The van der Waals surface area contributed by atoms with E-state index in [2.05, 4.69) is 153 Å². The van der Waals surface area contributed by atoms with Gasteiger partial charge in [-0.1, -0.05) is 204 Å². The molecule has 0 aliphatic carbocycles. The highest BCUT2D eigenvalue weighted by Gasteiger charge is 2.30. The molecule has 1 N–H and O–H groups in total. The molecule has 0 radical (unpaired) electrons. The highest BCUT2D eigenvalue weighted by Crippen LogP contribution is 2.47. The van der Waals surface area contributed by atoms with Crippen molar-refractivity contribution >= 4 is 11.0 Å². The predicted molar refractivity (Wildman–Crippen MR) is 314 cm³/mol. The fraction of sp³-hybridized carbons (Fsp3) is 0.229. The third kappa shape index (κ3) is 9.62. The second kappa shape index (κ2) is 19.2. The van der Waals surface area contributed by atoms with Gasteiger partial charge < -0.3 is 5.11 Å². The number of hydrogen-bond donors (Lipinski definition) is 1. The maximum atomic E-state index is 12.7. The van der Waals surface area contributed by atoms with E-state index in [9.17, 15) is 9.22 Å². The highest BCUT2D eigenvalue weighted by molar-refractivity contribution is 5.98. The highest BCUT2D eigenvalue weighted by atomic mass is 16.3. The van der Waals surface area contributed by atoms with Crippen LogP contribution in [-0.2, 0) is 16.2 Å². The normalized spacial score (nSPS) is 13.3. The number of aryl methyl sites for hydroxylation is 1. The quantitative estimate of drug-likeness (QED) is 0.157. The van der Waals surface area contributed by atoms with Crippen LogP contribution < -0.4 is 0 Å². The number of phenols is 1. The minimum absolute atomic E-state index is 0.102. The first kappa shape index (κ1) is 44.8. The van der Waals surface area contributed by atoms with Crippen LogP contribution >= 0.6 is 0 Å². The number of phenolic OH excluding ortho intramolecular Hbond substituents is 1. The average Bonchev–Trinajstić information content (AvgIpc) is 3.83. The van der Waals surface area contributed by atoms with Gasteiger partial charge in [-0.3, -0.25) is 9.55 Å². The van der Waals surface area contributed by atoms with Crippen LogP contribution in [0.25, 0.3) is 95.0 Å². The van der Waals surface area contributed by atoms with Gasteiger partial charge in [-0.15, -0.1) is 0 Å². The molecule has 370 valence electrons. The van der Waals surface area contributed by atoms with Gasteiger partial charge in [0.1, 0.15) is 11.6 Å². The lowest BCUT2D eigenvalue weighted by atomic mass is 9.78. The summed E-state index contributed by atoms with van der Waals surface area (Å²) in [7, 11) is 0. The Kier molecular flexibility index (Phi) is 11.6. The molecule has 0 bridgehead atoms. The second-order valence-corrected chi connectivity index (χ2v) is 23.1. The molecule has 8 aromatic carbocycles. The average molecular weight is 972 g/mol. The molecular formula is C70H69N3O. The van der Waals surface area contributed by atoms with E-state index in [0.29, 0.717) is 28.1 Å². The molecule has 0 fully saturated rings. The molecule has 0 unspecified atom stereocenters. The van der Waals surface area contributed by atoms with Gasteiger partial charge in [0.05, 0.1) is 28.0 Å². The Balaban J connectivity index is 1.26. The molecule has 2 heterocycles. The first-order chi connectivity index (χ1) is 36.8. The molecule has 0 amide bonds. The summed E-state index contributed by atoms with van der Waals surface area (Å²) >= 11 is 0. The van der Waals surface area contributed by atoms with Crippen LogP contribution in [0.4, 0.5) is 0 Å². The summed E-state index contributed by atoms with van der Waals surface area (Å²) in [4.78, 5) is 10.6. The van der Waals surface area contributed by atoms with Gasteiger partial charge in [0.15, 0.2) is 0 Å². The van der Waals surface area contributed by atoms with Gasteiger partial charge in [-0.2, -0.15) is 0 Å². The van der Waals surface area contributed by atoms with E-state index >= 15 is 0 Å². The second-order valence-electron chi connectivity index (χ2n) is 23.1. The molecule has 74 heavy (non-hydrogen) atoms. The molecule has 4 nitrogen and oxygen atoms in total. The van der Waals surface area contributed by atoms with E-state index in [1.807, 2.05) is 116 Å². The van der Waals surface area contributed by atoms with Gasteiger partial charge in [-0.05, 0) is 156 Å². The van der Waals surface area contributed by atoms with Crippen LogP contribution in [0.5, 0.6) is 5.75 Å². The summed E-state index contributed by atoms with van der Waals surface area (Å²) in [5.41, 5.74) is 16.6. The molecule has 0 aliphatic rings. The minimum atomic E-state index is -2.58. The number of para-hydroxylation sites is 1. The van der Waals surface area contributed by atoms with E-state index in [1.54, 1.807) is 0 Å². The number of hydrogen-bond acceptors (Lipinski definition) is 3. The van der Waals surface area contributed by atoms with Crippen molar-refractivity contribution in [1.29, 1.82) is 0 Å². The van der Waals surface area contributed by atoms with Crippen LogP contribution in [0.1, 0.15) is 115 Å². The first-order valence-electron chi connectivity index (χ1n) is 27.8. The van der Waals surface area contributed by atoms with Crippen LogP contribution in [0.15, 0.2) is 188 Å². The van der Waals surface area contributed by atoms with Crippen molar-refractivity contribution in [2.75, 3.05) is 0 Å². The van der Waals surface area contributed by atoms with Gasteiger partial charge >= 0.3 is 0 Å². The zero-order chi connectivity index (χ0) is 55.7. The van der Waals surface area contributed by atoms with Crippen LogP contribution in [0.2, 0.25) is 0 Å². The van der Waals surface area contributed by atoms with E-state index in [1.165, 1.54) is 0 Å². The van der Waals surface area contributed by atoms with E-state index in [4.69, 9.17) is 11.3 Å². The Labute approximate surface area is 445 Å². The topological polar surface area (TPSA) is 50.9 Å². The van der Waals surface area contributed by atoms with Gasteiger partial charge in [0.2, 0.25) is 0 Å². The minimum Gasteiger partial charge on any atom is -0.507 e. The van der Waals surface area contributed by atoms with Crippen LogP contribution in [-0.4, -0.2) is 19.6 Å². The largest absolute Gasteiger partial charge is 0.507 e. The summed E-state index contributed by atoms with van der Waals surface area (Å²) in [6.45, 7) is 20.6. The van der Waals surface area contributed by atoms with Gasteiger partial charge in [0, 0.05) is 28.4 Å². The molecule has 4 heteroatoms. The maximum Gasteiger partial charge on any atom is 0.149 e. The Morgan fingerprint density at radius 3 is 1.78 bits per heavy atom. The lowest BCUT2D eigenvalue weighted by Crippen LogP contribution is -2.17. The predicted octanol–water partition coefficient (Wildman–Crippen LogP) is 19.1. The number of fused-ring (bicyclic) bond motifs is 1. The smallest absolute Gasteiger partial charge is 0.149 e. The summed E-state index contributed by atoms with van der Waals surface area (Å²) in [5, 5.41) is 12.7. The number of nitrogens with zero attached hydrogens (tertiary/aromatic N) is 3. The molecule has 0 atom stereocenters. The Hall–Kier alpha value is -7.82. The van der Waals surface area contributed by atoms with Crippen molar-refractivity contribution < 1.29 is 10.6 Å². The number of aromatic hydroxyl groups is 1. The van der Waals surface area contributed by atoms with Crippen molar-refractivity contribution in [3.05, 3.63) is 216 Å². The molecule has 0 saturated heterocycles. The van der Waals surface area contributed by atoms with Crippen molar-refractivity contribution in [3.63, 3.8) is 0 Å². The van der Waals surface area contributed by atoms with Crippen molar-refractivity contribution in [1.82, 2.24) is 14.5 Å². The van der Waals surface area contributed by atoms with Crippen molar-refractivity contribution in [2.24, 2.45) is 0 Å². The van der Waals surface area contributed by atoms with Gasteiger partial charge in [-0.25, -0.2) is 4.98 Å². The van der Waals surface area contributed by atoms with Crippen molar-refractivity contribution in [3.8, 4) is 89.7 Å². The van der Waals surface area contributed by atoms with E-state index < -0.39 is 18.2 Å². The first-order valence-corrected chi connectivity index (χ1v) is 25.8. The zero-order valence-corrected chi connectivity index (χ0v) is 44.7. The van der Waals surface area contributed by atoms with Crippen LogP contribution in [0.3, 0.4) is 0 Å². The Morgan fingerprint density at radius 1 is 0.500 bits per heavy atom. The number of pyridine rings is 1. The molecule has 10 rings (SSSR count). The zero-order valence-electron chi connectivity index (χ0n) is 48.7. The lowest BCUT2D eigenvalue weighted by molar-refractivity contribution is 0.446. The van der Waals surface area contributed by atoms with Crippen molar-refractivity contribution in [2.45, 2.75) is 105 Å². The number of imidazole rings is 1. The Morgan fingerprint density at radius 2 is 1.12 bits per heavy atom. The van der Waals surface area contributed by atoms with E-state index in [-0.39, 0.29) is 22.1 Å². The third-order valence-corrected chi connectivity index (χ3v) is 14.4. The van der Waals surface area contributed by atoms with E-state index in [0.717, 1.165) is 89.1 Å². The maximum absolute atomic E-state index is 12.7. The molecule has 2 aromatic heterocycles. The third-order valence-electron chi connectivity index (χ3n) is 14.4. The monoisotopic (exact) mass is 972 g/mol. The van der Waals surface area contributed by atoms with Crippen LogP contribution in [0, 0.1) is 6.85 Å². The standard InChI is InChI=1S/C70H69N3O/c1-44(2)46-29-31-48(32-30-46)50-35-36-71-61(41-50)54-39-52(47-21-15-13-16-22-47)38-53(40-54)57-26-20-28-63-65(57)72-67(58-42-55(68(4,5)6)43-60(66(58)74)70(10,11)12)73(63)62-34-33-51(37-45(62)3)64-56(49-23-17-14-18-24-49)25-19-27-59(64)69(7,8)9/h13-44,74H,1-12H3/i3D3,44D. The molecular weight excluding hydrogens is 899 g/mol. The number of rotatable bonds is 9. The Bertz CT molecular complexity index is 3860. The lowest BCUT2D eigenvalue weighted by Gasteiger charge is -2.28. The SMILES string of the molecule is [2H]C([2H])([2H])c1cc(-c2c(-c3ccccc3)cccc2C(C)(C)C)ccc1-n1c(-c2cc(C(C)(C)C)cc(C(C)(C)C)c2O)nc2c(-c3cc(-c4ccccc4)cc(-c4cc(-c5ccc(C([2H])(C)C)cc5)ccn4)c3)cccc21. The molecule has 0 spiro atoms. The summed E-state index contributed by atoms with van der Waals surface area (Å²) in [5.74, 6) is -0.181. The number of aromatic nitrogens is 3.